The van der Waals surface area contributed by atoms with Crippen LogP contribution in [0.5, 0.6) is 0 Å². The monoisotopic (exact) mass is 427 g/mol. The van der Waals surface area contributed by atoms with Crippen molar-refractivity contribution in [1.29, 1.82) is 0 Å². The topological polar surface area (TPSA) is 18.5 Å². The molecule has 2 aromatic carbocycles. The van der Waals surface area contributed by atoms with Crippen molar-refractivity contribution >= 4 is 40.3 Å². The van der Waals surface area contributed by atoms with E-state index in [4.69, 9.17) is 12.2 Å². The Kier molecular flexibility index (Phi) is 7.60. The number of benzene rings is 2. The summed E-state index contributed by atoms with van der Waals surface area (Å²) in [6.45, 7) is 12.0. The molecular weight excluding hydrogens is 394 g/mol. The maximum absolute atomic E-state index is 5.72. The van der Waals surface area contributed by atoms with Crippen molar-refractivity contribution < 1.29 is 0 Å². The zero-order valence-electron chi connectivity index (χ0n) is 18.2. The van der Waals surface area contributed by atoms with E-state index in [-0.39, 0.29) is 0 Å². The third kappa shape index (κ3) is 5.14. The van der Waals surface area contributed by atoms with Crippen LogP contribution in [0, 0.1) is 5.92 Å². The maximum atomic E-state index is 5.72. The second-order valence-electron chi connectivity index (χ2n) is 8.05. The Morgan fingerprint density at radius 1 is 1.10 bits per heavy atom. The van der Waals surface area contributed by atoms with Crippen LogP contribution in [-0.4, -0.2) is 42.6 Å². The molecule has 0 saturated carbocycles. The molecule has 0 fully saturated rings. The van der Waals surface area contributed by atoms with Gasteiger partial charge in [-0.2, -0.15) is 0 Å². The zero-order chi connectivity index (χ0) is 21.0. The predicted octanol–water partition coefficient (Wildman–Crippen LogP) is 5.94. The first kappa shape index (κ1) is 22.1. The fraction of sp³-hybridized carbons (Fsp3) is 0.458. The van der Waals surface area contributed by atoms with Crippen LogP contribution < -0.4 is 10.2 Å². The van der Waals surface area contributed by atoms with Gasteiger partial charge in [-0.3, -0.25) is 0 Å². The number of hydrogen-bond donors (Lipinski definition) is 1. The summed E-state index contributed by atoms with van der Waals surface area (Å²) in [5.41, 5.74) is 3.65. The molecule has 0 amide bonds. The van der Waals surface area contributed by atoms with Gasteiger partial charge in [-0.15, -0.1) is 0 Å². The summed E-state index contributed by atoms with van der Waals surface area (Å²) in [5, 5.41) is 3.46. The van der Waals surface area contributed by atoms with E-state index in [0.29, 0.717) is 12.0 Å². The Morgan fingerprint density at radius 3 is 2.55 bits per heavy atom. The van der Waals surface area contributed by atoms with Crippen molar-refractivity contribution in [2.45, 2.75) is 49.9 Å². The van der Waals surface area contributed by atoms with Gasteiger partial charge >= 0.3 is 0 Å². The molecule has 156 valence electrons. The molecule has 1 aliphatic rings. The first-order valence-corrected chi connectivity index (χ1v) is 11.8. The summed E-state index contributed by atoms with van der Waals surface area (Å²) in [6, 6.07) is 15.7. The second kappa shape index (κ2) is 9.96. The van der Waals surface area contributed by atoms with Crippen LogP contribution in [-0.2, 0) is 0 Å². The normalized spacial score (nSPS) is 14.9. The van der Waals surface area contributed by atoms with E-state index in [9.17, 15) is 0 Å². The highest BCUT2D eigenvalue weighted by Crippen LogP contribution is 2.49. The van der Waals surface area contributed by atoms with E-state index in [1.54, 1.807) is 0 Å². The number of likely N-dealkylation sites (N-methyl/N-ethyl adjacent to an activating group) is 1. The molecule has 2 atom stereocenters. The molecule has 2 aromatic rings. The van der Waals surface area contributed by atoms with Crippen molar-refractivity contribution in [3.8, 4) is 0 Å². The van der Waals surface area contributed by atoms with Gasteiger partial charge in [0.1, 0.15) is 4.99 Å². The average molecular weight is 428 g/mol. The molecule has 3 rings (SSSR count). The zero-order valence-corrected chi connectivity index (χ0v) is 19.9. The van der Waals surface area contributed by atoms with Gasteiger partial charge < -0.3 is 15.1 Å². The number of para-hydroxylation sites is 1. The van der Waals surface area contributed by atoms with Crippen LogP contribution in [0.25, 0.3) is 0 Å². The number of thiocarbonyl (C=S) groups is 1. The van der Waals surface area contributed by atoms with Crippen LogP contribution in [0.1, 0.15) is 39.7 Å². The molecule has 0 bridgehead atoms. The van der Waals surface area contributed by atoms with Crippen molar-refractivity contribution in [2.24, 2.45) is 5.92 Å². The van der Waals surface area contributed by atoms with Crippen LogP contribution in [0.4, 0.5) is 11.4 Å². The molecule has 1 aliphatic heterocycles. The molecule has 0 aromatic heterocycles. The smallest absolute Gasteiger partial charge is 0.106 e. The number of fused-ring (bicyclic) bond motifs is 2. The fourth-order valence-corrected chi connectivity index (χ4v) is 4.84. The summed E-state index contributed by atoms with van der Waals surface area (Å²) in [6.07, 6.45) is 1.16. The molecule has 1 heterocycles. The minimum absolute atomic E-state index is 0.359. The Bertz CT molecular complexity index is 852. The average Bonchev–Trinajstić information content (AvgIpc) is 2.74. The summed E-state index contributed by atoms with van der Waals surface area (Å²) in [5.74, 6) is 0.620. The van der Waals surface area contributed by atoms with Gasteiger partial charge in [-0.1, -0.05) is 69.4 Å². The minimum Gasteiger partial charge on any atom is -0.376 e. The van der Waals surface area contributed by atoms with E-state index in [1.807, 2.05) is 11.8 Å². The molecule has 0 aliphatic carbocycles. The molecule has 0 unspecified atom stereocenters. The minimum atomic E-state index is 0.359. The molecule has 5 heteroatoms. The molecule has 0 radical (unpaired) electrons. The van der Waals surface area contributed by atoms with Crippen LogP contribution in [0.15, 0.2) is 52.3 Å². The first-order chi connectivity index (χ1) is 13.9. The van der Waals surface area contributed by atoms with E-state index in [1.165, 1.54) is 21.2 Å². The Hall–Kier alpha value is -1.56. The molecule has 1 N–H and O–H groups in total. The van der Waals surface area contributed by atoms with Crippen molar-refractivity contribution in [2.75, 3.05) is 31.6 Å². The lowest BCUT2D eigenvalue weighted by atomic mass is 10.1. The van der Waals surface area contributed by atoms with Gasteiger partial charge in [0.2, 0.25) is 0 Å². The highest BCUT2D eigenvalue weighted by Gasteiger charge is 2.28. The quantitative estimate of drug-likeness (QED) is 0.524. The van der Waals surface area contributed by atoms with Crippen LogP contribution in [0.3, 0.4) is 0 Å². The van der Waals surface area contributed by atoms with E-state index in [0.717, 1.165) is 36.6 Å². The van der Waals surface area contributed by atoms with Gasteiger partial charge in [0, 0.05) is 34.5 Å². The Labute approximate surface area is 185 Å². The largest absolute Gasteiger partial charge is 0.376 e. The highest BCUT2D eigenvalue weighted by atomic mass is 32.2. The molecular formula is C24H33N3S2. The van der Waals surface area contributed by atoms with Gasteiger partial charge in [0.05, 0.1) is 11.4 Å². The second-order valence-corrected chi connectivity index (χ2v) is 9.54. The number of nitrogens with zero attached hydrogens (tertiary/aromatic N) is 2. The summed E-state index contributed by atoms with van der Waals surface area (Å²) in [7, 11) is 2.19. The van der Waals surface area contributed by atoms with Crippen LogP contribution >= 0.6 is 24.0 Å². The van der Waals surface area contributed by atoms with E-state index in [2.05, 4.69) is 92.3 Å². The molecule has 0 saturated heterocycles. The van der Waals surface area contributed by atoms with Gasteiger partial charge in [-0.25, -0.2) is 0 Å². The number of hydrogen-bond acceptors (Lipinski definition) is 4. The van der Waals surface area contributed by atoms with Crippen molar-refractivity contribution in [1.82, 2.24) is 10.2 Å². The summed E-state index contributed by atoms with van der Waals surface area (Å²) in [4.78, 5) is 8.32. The van der Waals surface area contributed by atoms with Crippen molar-refractivity contribution in [3.63, 3.8) is 0 Å². The SMILES string of the molecule is CC[C@@H](C)CNC(=S)c1ccc2c(c1)N([C@H](C)CN(C)CC)c1ccccc1S2. The Morgan fingerprint density at radius 2 is 1.83 bits per heavy atom. The fourth-order valence-electron chi connectivity index (χ4n) is 3.57. The first-order valence-electron chi connectivity index (χ1n) is 10.6. The molecule has 29 heavy (non-hydrogen) atoms. The number of nitrogens with one attached hydrogen (secondary N) is 1. The van der Waals surface area contributed by atoms with E-state index < -0.39 is 0 Å². The van der Waals surface area contributed by atoms with Gasteiger partial charge in [0.15, 0.2) is 0 Å². The lowest BCUT2D eigenvalue weighted by Crippen LogP contribution is -2.39. The Balaban J connectivity index is 1.94. The number of anilines is 2. The standard InChI is InChI=1S/C24H33N3S2/c1-6-17(3)15-25-24(28)19-12-13-23-21(14-19)27(18(4)16-26(5)7-2)20-10-8-9-11-22(20)29-23/h8-14,17-18H,6-7,15-16H2,1-5H3,(H,25,28)/t17-,18-/m1/s1. The van der Waals surface area contributed by atoms with Gasteiger partial charge in [0.25, 0.3) is 0 Å². The highest BCUT2D eigenvalue weighted by molar-refractivity contribution is 7.99. The van der Waals surface area contributed by atoms with Crippen molar-refractivity contribution in [3.05, 3.63) is 48.0 Å². The third-order valence-corrected chi connectivity index (χ3v) is 7.20. The summed E-state index contributed by atoms with van der Waals surface area (Å²) < 4.78 is 0. The van der Waals surface area contributed by atoms with Crippen LogP contribution in [0.2, 0.25) is 0 Å². The van der Waals surface area contributed by atoms with Gasteiger partial charge in [-0.05, 0) is 50.7 Å². The molecule has 0 spiro atoms. The lowest BCUT2D eigenvalue weighted by Gasteiger charge is -2.39. The summed E-state index contributed by atoms with van der Waals surface area (Å²) >= 11 is 7.57. The number of rotatable bonds is 8. The van der Waals surface area contributed by atoms with E-state index >= 15 is 0 Å². The predicted molar refractivity (Wildman–Crippen MR) is 131 cm³/mol. The lowest BCUT2D eigenvalue weighted by molar-refractivity contribution is 0.332. The third-order valence-electron chi connectivity index (χ3n) is 5.69. The molecule has 3 nitrogen and oxygen atoms in total. The maximum Gasteiger partial charge on any atom is 0.106 e.